The molecule has 0 aliphatic carbocycles. The van der Waals surface area contributed by atoms with Crippen molar-refractivity contribution in [2.45, 2.75) is 38.6 Å². The summed E-state index contributed by atoms with van der Waals surface area (Å²) in [6.07, 6.45) is 2.64. The predicted octanol–water partition coefficient (Wildman–Crippen LogP) is 0.372. The molecular formula is C12H24N2O4. The third kappa shape index (κ3) is 10.0. The van der Waals surface area contributed by atoms with Gasteiger partial charge in [-0.3, -0.25) is 9.59 Å². The van der Waals surface area contributed by atoms with Crippen molar-refractivity contribution in [2.24, 2.45) is 0 Å². The first-order valence-corrected chi connectivity index (χ1v) is 6.29. The second-order valence-electron chi connectivity index (χ2n) is 4.16. The molecule has 0 rings (SSSR count). The zero-order valence-corrected chi connectivity index (χ0v) is 11.2. The first-order chi connectivity index (χ1) is 8.57. The fourth-order valence-electron chi connectivity index (χ4n) is 1.42. The van der Waals surface area contributed by atoms with Gasteiger partial charge in [-0.2, -0.15) is 0 Å². The highest BCUT2D eigenvalue weighted by Gasteiger charge is 2.10. The minimum atomic E-state index is -0.756. The molecule has 0 saturated carbocycles. The molecule has 0 bridgehead atoms. The Labute approximate surface area is 108 Å². The van der Waals surface area contributed by atoms with Gasteiger partial charge in [-0.15, -0.1) is 0 Å². The molecule has 3 N–H and O–H groups in total. The van der Waals surface area contributed by atoms with Crippen molar-refractivity contribution in [3.05, 3.63) is 0 Å². The molecule has 0 aromatic rings. The van der Waals surface area contributed by atoms with E-state index >= 15 is 0 Å². The zero-order valence-electron chi connectivity index (χ0n) is 11.2. The minimum Gasteiger partial charge on any atom is -0.481 e. The highest BCUT2D eigenvalue weighted by Crippen LogP contribution is 1.98. The van der Waals surface area contributed by atoms with Gasteiger partial charge in [0.25, 0.3) is 0 Å². The Morgan fingerprint density at radius 3 is 2.56 bits per heavy atom. The first-order valence-electron chi connectivity index (χ1n) is 6.29. The second-order valence-corrected chi connectivity index (χ2v) is 4.16. The van der Waals surface area contributed by atoms with Gasteiger partial charge >= 0.3 is 5.97 Å². The van der Waals surface area contributed by atoms with Crippen LogP contribution in [0.3, 0.4) is 0 Å². The predicted molar refractivity (Wildman–Crippen MR) is 68.5 cm³/mol. The van der Waals surface area contributed by atoms with E-state index in [4.69, 9.17) is 9.84 Å². The molecule has 0 aliphatic rings. The number of hydrogen-bond acceptors (Lipinski definition) is 4. The summed E-state index contributed by atoms with van der Waals surface area (Å²) in [5, 5.41) is 14.3. The van der Waals surface area contributed by atoms with Crippen LogP contribution in [0.5, 0.6) is 0 Å². The molecule has 0 fully saturated rings. The Bertz CT molecular complexity index is 246. The highest BCUT2D eigenvalue weighted by molar-refractivity contribution is 5.81. The summed E-state index contributed by atoms with van der Waals surface area (Å²) in [6.45, 7) is 3.55. The molecule has 6 nitrogen and oxygen atoms in total. The lowest BCUT2D eigenvalue weighted by molar-refractivity contribution is -0.137. The molecule has 106 valence electrons. The van der Waals surface area contributed by atoms with E-state index in [1.165, 1.54) is 0 Å². The largest absolute Gasteiger partial charge is 0.481 e. The lowest BCUT2D eigenvalue weighted by Gasteiger charge is -2.13. The van der Waals surface area contributed by atoms with E-state index in [9.17, 15) is 9.59 Å². The molecule has 1 unspecified atom stereocenters. The van der Waals surface area contributed by atoms with Crippen molar-refractivity contribution in [3.63, 3.8) is 0 Å². The SMILES string of the molecule is COCCNC(=O)C(C)NCCCCCC(=O)O. The summed E-state index contributed by atoms with van der Waals surface area (Å²) in [6, 6.07) is -0.235. The van der Waals surface area contributed by atoms with Crippen LogP contribution in [-0.4, -0.2) is 49.8 Å². The van der Waals surface area contributed by atoms with Gasteiger partial charge in [0.05, 0.1) is 12.6 Å². The van der Waals surface area contributed by atoms with Crippen LogP contribution in [0.25, 0.3) is 0 Å². The van der Waals surface area contributed by atoms with Crippen molar-refractivity contribution in [1.82, 2.24) is 10.6 Å². The first kappa shape index (κ1) is 16.9. The number of amides is 1. The Hall–Kier alpha value is -1.14. The molecule has 0 aromatic heterocycles. The molecule has 0 spiro atoms. The van der Waals surface area contributed by atoms with E-state index < -0.39 is 5.97 Å². The van der Waals surface area contributed by atoms with E-state index in [2.05, 4.69) is 10.6 Å². The van der Waals surface area contributed by atoms with Crippen LogP contribution in [0.15, 0.2) is 0 Å². The smallest absolute Gasteiger partial charge is 0.303 e. The number of rotatable bonds is 11. The summed E-state index contributed by atoms with van der Waals surface area (Å²) >= 11 is 0. The standard InChI is InChI=1S/C12H24N2O4/c1-10(12(17)14-8-9-18-2)13-7-5-3-4-6-11(15)16/h10,13H,3-9H2,1-2H3,(H,14,17)(H,15,16). The van der Waals surface area contributed by atoms with Gasteiger partial charge in [0.2, 0.25) is 5.91 Å². The van der Waals surface area contributed by atoms with Crippen molar-refractivity contribution in [1.29, 1.82) is 0 Å². The molecule has 1 atom stereocenters. The van der Waals surface area contributed by atoms with Crippen LogP contribution >= 0.6 is 0 Å². The molecule has 1 amide bonds. The summed E-state index contributed by atoms with van der Waals surface area (Å²) in [5.41, 5.74) is 0. The molecular weight excluding hydrogens is 236 g/mol. The van der Waals surface area contributed by atoms with E-state index in [0.29, 0.717) is 19.6 Å². The molecule has 0 radical (unpaired) electrons. The van der Waals surface area contributed by atoms with Gasteiger partial charge in [0.15, 0.2) is 0 Å². The van der Waals surface area contributed by atoms with E-state index in [-0.39, 0.29) is 18.4 Å². The topological polar surface area (TPSA) is 87.7 Å². The maximum absolute atomic E-state index is 11.5. The fourth-order valence-corrected chi connectivity index (χ4v) is 1.42. The van der Waals surface area contributed by atoms with E-state index in [0.717, 1.165) is 19.4 Å². The third-order valence-corrected chi connectivity index (χ3v) is 2.52. The second kappa shape index (κ2) is 11.0. The number of ether oxygens (including phenoxy) is 1. The lowest BCUT2D eigenvalue weighted by atomic mass is 10.2. The molecule has 6 heteroatoms. The lowest BCUT2D eigenvalue weighted by Crippen LogP contribution is -2.43. The fraction of sp³-hybridized carbons (Fsp3) is 0.833. The number of methoxy groups -OCH3 is 1. The molecule has 18 heavy (non-hydrogen) atoms. The number of aliphatic carboxylic acids is 1. The normalized spacial score (nSPS) is 12.1. The molecule has 0 saturated heterocycles. The van der Waals surface area contributed by atoms with Crippen LogP contribution in [0.2, 0.25) is 0 Å². The molecule has 0 aliphatic heterocycles. The van der Waals surface area contributed by atoms with E-state index in [1.54, 1.807) is 14.0 Å². The van der Waals surface area contributed by atoms with Crippen LogP contribution in [0.1, 0.15) is 32.6 Å². The Kier molecular flexibility index (Phi) is 10.3. The number of carboxylic acids is 1. The van der Waals surface area contributed by atoms with Crippen LogP contribution in [0, 0.1) is 0 Å². The number of carbonyl (C=O) groups excluding carboxylic acids is 1. The Morgan fingerprint density at radius 2 is 1.94 bits per heavy atom. The van der Waals surface area contributed by atoms with Gasteiger partial charge in [-0.25, -0.2) is 0 Å². The van der Waals surface area contributed by atoms with Gasteiger partial charge < -0.3 is 20.5 Å². The van der Waals surface area contributed by atoms with Gasteiger partial charge in [-0.1, -0.05) is 6.42 Å². The Morgan fingerprint density at radius 1 is 1.22 bits per heavy atom. The van der Waals surface area contributed by atoms with Gasteiger partial charge in [0.1, 0.15) is 0 Å². The Balaban J connectivity index is 3.43. The maximum Gasteiger partial charge on any atom is 0.303 e. The van der Waals surface area contributed by atoms with Crippen molar-refractivity contribution in [2.75, 3.05) is 26.8 Å². The molecule has 0 heterocycles. The average Bonchev–Trinajstić information content (AvgIpc) is 2.33. The summed E-state index contributed by atoms with van der Waals surface area (Å²) in [4.78, 5) is 21.8. The zero-order chi connectivity index (χ0) is 13.8. The molecule has 0 aromatic carbocycles. The van der Waals surface area contributed by atoms with Crippen molar-refractivity contribution >= 4 is 11.9 Å². The number of carboxylic acid groups (broad SMARTS) is 1. The number of hydrogen-bond donors (Lipinski definition) is 3. The van der Waals surface area contributed by atoms with Gasteiger partial charge in [-0.05, 0) is 26.3 Å². The number of unbranched alkanes of at least 4 members (excludes halogenated alkanes) is 2. The monoisotopic (exact) mass is 260 g/mol. The minimum absolute atomic E-state index is 0.0439. The van der Waals surface area contributed by atoms with Crippen LogP contribution in [0.4, 0.5) is 0 Å². The quantitative estimate of drug-likeness (QED) is 0.467. The highest BCUT2D eigenvalue weighted by atomic mass is 16.5. The van der Waals surface area contributed by atoms with Crippen LogP contribution < -0.4 is 10.6 Å². The maximum atomic E-state index is 11.5. The average molecular weight is 260 g/mol. The summed E-state index contributed by atoms with van der Waals surface area (Å²) in [5.74, 6) is -0.800. The summed E-state index contributed by atoms with van der Waals surface area (Å²) < 4.78 is 4.83. The van der Waals surface area contributed by atoms with E-state index in [1.807, 2.05) is 0 Å². The van der Waals surface area contributed by atoms with Gasteiger partial charge in [0, 0.05) is 20.1 Å². The number of nitrogens with one attached hydrogen (secondary N) is 2. The number of carbonyl (C=O) groups is 2. The third-order valence-electron chi connectivity index (χ3n) is 2.52. The van der Waals surface area contributed by atoms with Crippen LogP contribution in [-0.2, 0) is 14.3 Å². The summed E-state index contributed by atoms with van der Waals surface area (Å²) in [7, 11) is 1.59. The van der Waals surface area contributed by atoms with Crippen molar-refractivity contribution in [3.8, 4) is 0 Å². The van der Waals surface area contributed by atoms with Crippen molar-refractivity contribution < 1.29 is 19.4 Å².